The molecule has 0 rings (SSSR count). The summed E-state index contributed by atoms with van der Waals surface area (Å²) in [6.07, 6.45) is 2.02. The SMILES string of the molecule is CCCCOC(=O)[C-](C)C.[Li+]. The second kappa shape index (κ2) is 8.04. The van der Waals surface area contributed by atoms with E-state index in [0.29, 0.717) is 6.61 Å². The summed E-state index contributed by atoms with van der Waals surface area (Å²) < 4.78 is 4.87. The number of hydrogen-bond acceptors (Lipinski definition) is 2. The molecule has 0 heterocycles. The van der Waals surface area contributed by atoms with Crippen molar-refractivity contribution >= 4 is 5.97 Å². The van der Waals surface area contributed by atoms with E-state index in [4.69, 9.17) is 4.74 Å². The molecule has 0 saturated carbocycles. The third kappa shape index (κ3) is 7.84. The molecular formula is C8H15LiO2. The van der Waals surface area contributed by atoms with Crippen LogP contribution in [0.4, 0.5) is 0 Å². The van der Waals surface area contributed by atoms with Crippen LogP contribution in [-0.2, 0) is 9.53 Å². The van der Waals surface area contributed by atoms with E-state index in [9.17, 15) is 4.79 Å². The van der Waals surface area contributed by atoms with Crippen molar-refractivity contribution < 1.29 is 28.4 Å². The number of unbranched alkanes of at least 4 members (excludes halogenated alkanes) is 1. The van der Waals surface area contributed by atoms with Crippen molar-refractivity contribution in [2.24, 2.45) is 0 Å². The maximum absolute atomic E-state index is 10.8. The fourth-order valence-electron chi connectivity index (χ4n) is 0.454. The molecule has 0 amide bonds. The van der Waals surface area contributed by atoms with Crippen molar-refractivity contribution in [3.63, 3.8) is 0 Å². The molecule has 0 aliphatic heterocycles. The quantitative estimate of drug-likeness (QED) is 0.221. The smallest absolute Gasteiger partial charge is 0.488 e. The van der Waals surface area contributed by atoms with Gasteiger partial charge in [-0.2, -0.15) is 13.8 Å². The monoisotopic (exact) mass is 150 g/mol. The molecule has 3 heteroatoms. The normalized spacial score (nSPS) is 8.27. The van der Waals surface area contributed by atoms with Crippen molar-refractivity contribution in [2.75, 3.05) is 6.61 Å². The van der Waals surface area contributed by atoms with Gasteiger partial charge in [0.2, 0.25) is 0 Å². The first-order valence-electron chi connectivity index (χ1n) is 3.65. The zero-order valence-corrected chi connectivity index (χ0v) is 7.94. The summed E-state index contributed by atoms with van der Waals surface area (Å²) in [5.74, 6) is 0.546. The summed E-state index contributed by atoms with van der Waals surface area (Å²) in [6.45, 7) is 6.14. The Morgan fingerprint density at radius 2 is 2.00 bits per heavy atom. The van der Waals surface area contributed by atoms with Crippen LogP contribution >= 0.6 is 0 Å². The zero-order valence-electron chi connectivity index (χ0n) is 7.94. The van der Waals surface area contributed by atoms with Crippen molar-refractivity contribution in [3.05, 3.63) is 5.92 Å². The van der Waals surface area contributed by atoms with E-state index in [1.165, 1.54) is 0 Å². The van der Waals surface area contributed by atoms with Crippen LogP contribution in [0.5, 0.6) is 0 Å². The Hall–Kier alpha value is -0.0626. The van der Waals surface area contributed by atoms with E-state index in [0.717, 1.165) is 18.8 Å². The summed E-state index contributed by atoms with van der Waals surface area (Å²) in [7, 11) is 0. The molecule has 0 spiro atoms. The molecule has 0 aromatic carbocycles. The van der Waals surface area contributed by atoms with Crippen molar-refractivity contribution in [1.82, 2.24) is 0 Å². The Balaban J connectivity index is 0. The number of ether oxygens (including phenoxy) is 1. The number of carbonyl (C=O) groups excluding carboxylic acids is 1. The maximum Gasteiger partial charge on any atom is 1.00 e. The van der Waals surface area contributed by atoms with Gasteiger partial charge in [0.25, 0.3) is 0 Å². The fraction of sp³-hybridized carbons (Fsp3) is 0.750. The van der Waals surface area contributed by atoms with E-state index in [1.54, 1.807) is 13.8 Å². The molecule has 0 aromatic heterocycles. The van der Waals surface area contributed by atoms with Gasteiger partial charge in [-0.25, -0.2) is 0 Å². The molecule has 0 radical (unpaired) electrons. The van der Waals surface area contributed by atoms with Gasteiger partial charge in [0.1, 0.15) is 0 Å². The second-order valence-electron chi connectivity index (χ2n) is 2.49. The average molecular weight is 150 g/mol. The van der Waals surface area contributed by atoms with Gasteiger partial charge in [-0.3, -0.25) is 10.7 Å². The molecule has 0 N–H and O–H groups in total. The Morgan fingerprint density at radius 3 is 2.36 bits per heavy atom. The first-order valence-corrected chi connectivity index (χ1v) is 3.65. The summed E-state index contributed by atoms with van der Waals surface area (Å²) in [5, 5.41) is 0. The van der Waals surface area contributed by atoms with E-state index >= 15 is 0 Å². The molecule has 0 aliphatic rings. The van der Waals surface area contributed by atoms with E-state index in [2.05, 4.69) is 6.92 Å². The minimum Gasteiger partial charge on any atom is -0.488 e. The van der Waals surface area contributed by atoms with Crippen LogP contribution in [0, 0.1) is 5.92 Å². The zero-order chi connectivity index (χ0) is 7.98. The summed E-state index contributed by atoms with van der Waals surface area (Å²) in [6, 6.07) is 0. The Kier molecular flexibility index (Phi) is 9.88. The van der Waals surface area contributed by atoms with Gasteiger partial charge < -0.3 is 4.74 Å². The molecule has 0 atom stereocenters. The van der Waals surface area contributed by atoms with Crippen LogP contribution in [-0.4, -0.2) is 12.6 Å². The maximum atomic E-state index is 10.8. The predicted octanol–water partition coefficient (Wildman–Crippen LogP) is -1.05. The second-order valence-corrected chi connectivity index (χ2v) is 2.49. The first-order chi connectivity index (χ1) is 4.68. The number of carbonyl (C=O) groups is 1. The molecule has 11 heavy (non-hydrogen) atoms. The predicted molar refractivity (Wildman–Crippen MR) is 40.5 cm³/mol. The van der Waals surface area contributed by atoms with E-state index in [1.807, 2.05) is 0 Å². The Labute approximate surface area is 80.9 Å². The summed E-state index contributed by atoms with van der Waals surface area (Å²) in [4.78, 5) is 10.8. The third-order valence-corrected chi connectivity index (χ3v) is 1.14. The van der Waals surface area contributed by atoms with Gasteiger partial charge in [-0.1, -0.05) is 13.3 Å². The fourth-order valence-corrected chi connectivity index (χ4v) is 0.454. The molecule has 0 saturated heterocycles. The van der Waals surface area contributed by atoms with Gasteiger partial charge in [0, 0.05) is 0 Å². The molecule has 0 fully saturated rings. The molecule has 0 unspecified atom stereocenters. The molecule has 60 valence electrons. The van der Waals surface area contributed by atoms with Crippen molar-refractivity contribution in [3.8, 4) is 0 Å². The van der Waals surface area contributed by atoms with Gasteiger partial charge >= 0.3 is 18.9 Å². The third-order valence-electron chi connectivity index (χ3n) is 1.14. The van der Waals surface area contributed by atoms with Gasteiger partial charge in [0.15, 0.2) is 5.97 Å². The number of esters is 1. The standard InChI is InChI=1S/C8H15O2.Li/c1-4-5-6-10-8(9)7(2)3;/h4-6H2,1-3H3;/q-1;+1. The van der Waals surface area contributed by atoms with Crippen LogP contribution < -0.4 is 18.9 Å². The molecule has 0 aliphatic carbocycles. The minimum absolute atomic E-state index is 0. The molecule has 0 bridgehead atoms. The number of hydrogen-bond donors (Lipinski definition) is 0. The van der Waals surface area contributed by atoms with E-state index in [-0.39, 0.29) is 24.8 Å². The Morgan fingerprint density at radius 1 is 1.45 bits per heavy atom. The van der Waals surface area contributed by atoms with Crippen LogP contribution in [0.1, 0.15) is 33.6 Å². The van der Waals surface area contributed by atoms with Crippen LogP contribution in [0.25, 0.3) is 0 Å². The van der Waals surface area contributed by atoms with Gasteiger partial charge in [0.05, 0.1) is 6.61 Å². The molecule has 0 aromatic rings. The minimum atomic E-state index is -0.173. The van der Waals surface area contributed by atoms with Crippen LogP contribution in [0.15, 0.2) is 0 Å². The van der Waals surface area contributed by atoms with Gasteiger partial charge in [-0.05, 0) is 6.42 Å². The van der Waals surface area contributed by atoms with Crippen molar-refractivity contribution in [1.29, 1.82) is 0 Å². The molecule has 2 nitrogen and oxygen atoms in total. The average Bonchev–Trinajstić information content (AvgIpc) is 1.88. The van der Waals surface area contributed by atoms with Crippen LogP contribution in [0.2, 0.25) is 0 Å². The van der Waals surface area contributed by atoms with Gasteiger partial charge in [-0.15, -0.1) is 0 Å². The Bertz CT molecular complexity index is 102. The number of rotatable bonds is 4. The topological polar surface area (TPSA) is 26.3 Å². The first kappa shape index (κ1) is 13.5. The summed E-state index contributed by atoms with van der Waals surface area (Å²) >= 11 is 0. The van der Waals surface area contributed by atoms with E-state index < -0.39 is 0 Å². The van der Waals surface area contributed by atoms with Crippen LogP contribution in [0.3, 0.4) is 0 Å². The summed E-state index contributed by atoms with van der Waals surface area (Å²) in [5.41, 5.74) is 0. The van der Waals surface area contributed by atoms with Crippen molar-refractivity contribution in [2.45, 2.75) is 33.6 Å². The largest absolute Gasteiger partial charge is 1.00 e. The molecular weight excluding hydrogens is 135 g/mol.